The summed E-state index contributed by atoms with van der Waals surface area (Å²) in [6, 6.07) is 7.45. The number of nitrogens with one attached hydrogen (secondary N) is 1. The van der Waals surface area contributed by atoms with Crippen molar-refractivity contribution in [3.8, 4) is 11.5 Å². The predicted octanol–water partition coefficient (Wildman–Crippen LogP) is 3.66. The average Bonchev–Trinajstić information content (AvgIpc) is 3.02. The van der Waals surface area contributed by atoms with Crippen LogP contribution in [0.4, 0.5) is 10.1 Å². The summed E-state index contributed by atoms with van der Waals surface area (Å²) in [5, 5.41) is 12.0. The van der Waals surface area contributed by atoms with Gasteiger partial charge in [-0.2, -0.15) is 0 Å². The Morgan fingerprint density at radius 1 is 1.34 bits per heavy atom. The van der Waals surface area contributed by atoms with Crippen molar-refractivity contribution in [1.82, 2.24) is 14.9 Å². The number of hydrogen-bond acceptors (Lipinski definition) is 5. The van der Waals surface area contributed by atoms with Crippen LogP contribution >= 0.6 is 23.2 Å². The van der Waals surface area contributed by atoms with Gasteiger partial charge in [-0.05, 0) is 23.8 Å². The zero-order chi connectivity index (χ0) is 21.1. The topological polar surface area (TPSA) is 102 Å². The van der Waals surface area contributed by atoms with Crippen LogP contribution in [0.1, 0.15) is 21.6 Å². The van der Waals surface area contributed by atoms with Crippen molar-refractivity contribution < 1.29 is 19.0 Å². The molecule has 0 aliphatic carbocycles. The van der Waals surface area contributed by atoms with Crippen LogP contribution in [-0.4, -0.2) is 20.6 Å². The van der Waals surface area contributed by atoms with Gasteiger partial charge in [0, 0.05) is 30.9 Å². The minimum absolute atomic E-state index is 0.0382. The molecule has 0 unspecified atom stereocenters. The summed E-state index contributed by atoms with van der Waals surface area (Å²) < 4.78 is 22.0. The van der Waals surface area contributed by atoms with E-state index in [9.17, 15) is 14.3 Å². The van der Waals surface area contributed by atoms with Gasteiger partial charge in [-0.1, -0.05) is 29.3 Å². The van der Waals surface area contributed by atoms with Gasteiger partial charge in [-0.3, -0.25) is 4.79 Å². The minimum atomic E-state index is -0.738. The lowest BCUT2D eigenvalue weighted by Gasteiger charge is -2.13. The summed E-state index contributed by atoms with van der Waals surface area (Å²) in [7, 11) is 1.65. The number of nitrogen functional groups attached to an aromatic ring is 1. The van der Waals surface area contributed by atoms with Crippen LogP contribution < -0.4 is 15.8 Å². The van der Waals surface area contributed by atoms with Gasteiger partial charge in [0.15, 0.2) is 17.3 Å². The summed E-state index contributed by atoms with van der Waals surface area (Å²) in [6.07, 6.45) is 1.40. The highest BCUT2D eigenvalue weighted by molar-refractivity contribution is 6.32. The Balaban J connectivity index is 1.81. The van der Waals surface area contributed by atoms with Gasteiger partial charge in [0.05, 0.1) is 18.0 Å². The molecule has 1 aromatic heterocycles. The highest BCUT2D eigenvalue weighted by Crippen LogP contribution is 2.35. The van der Waals surface area contributed by atoms with Crippen molar-refractivity contribution in [1.29, 1.82) is 0 Å². The predicted molar refractivity (Wildman–Crippen MR) is 108 cm³/mol. The summed E-state index contributed by atoms with van der Waals surface area (Å²) >= 11 is 12.1. The van der Waals surface area contributed by atoms with E-state index in [1.54, 1.807) is 13.1 Å². The number of ether oxygens (including phenoxy) is 1. The van der Waals surface area contributed by atoms with Gasteiger partial charge in [0.1, 0.15) is 10.9 Å². The van der Waals surface area contributed by atoms with E-state index in [2.05, 4.69) is 10.3 Å². The molecule has 0 fully saturated rings. The largest absolute Gasteiger partial charge is 0.453 e. The Morgan fingerprint density at radius 3 is 2.76 bits per heavy atom. The quantitative estimate of drug-likeness (QED) is 0.509. The first kappa shape index (κ1) is 20.9. The average molecular weight is 439 g/mol. The van der Waals surface area contributed by atoms with E-state index in [1.165, 1.54) is 35.2 Å². The zero-order valence-corrected chi connectivity index (χ0v) is 16.8. The van der Waals surface area contributed by atoms with Crippen molar-refractivity contribution in [3.63, 3.8) is 0 Å². The molecule has 3 aromatic rings. The van der Waals surface area contributed by atoms with E-state index in [-0.39, 0.29) is 46.1 Å². The fourth-order valence-corrected chi connectivity index (χ4v) is 2.95. The van der Waals surface area contributed by atoms with Gasteiger partial charge in [0.2, 0.25) is 0 Å². The first-order valence-corrected chi connectivity index (χ1v) is 9.15. The highest BCUT2D eigenvalue weighted by atomic mass is 35.5. The second kappa shape index (κ2) is 8.69. The van der Waals surface area contributed by atoms with E-state index in [0.29, 0.717) is 11.3 Å². The van der Waals surface area contributed by atoms with Crippen LogP contribution in [0.2, 0.25) is 10.2 Å². The summed E-state index contributed by atoms with van der Waals surface area (Å²) in [5.41, 5.74) is 6.80. The van der Waals surface area contributed by atoms with Gasteiger partial charge >= 0.3 is 0 Å². The number of anilines is 1. The number of nitrogens with zero attached hydrogens (tertiary/aromatic N) is 2. The molecule has 152 valence electrons. The first-order chi connectivity index (χ1) is 13.8. The maximum Gasteiger partial charge on any atom is 0.273 e. The number of aromatic nitrogens is 2. The van der Waals surface area contributed by atoms with Crippen LogP contribution in [0.25, 0.3) is 0 Å². The van der Waals surface area contributed by atoms with E-state index in [4.69, 9.17) is 33.7 Å². The lowest BCUT2D eigenvalue weighted by molar-refractivity contribution is 0.0946. The smallest absolute Gasteiger partial charge is 0.273 e. The van der Waals surface area contributed by atoms with Gasteiger partial charge < -0.3 is 25.5 Å². The second-order valence-corrected chi connectivity index (χ2v) is 6.96. The highest BCUT2D eigenvalue weighted by Gasteiger charge is 2.18. The molecule has 0 spiro atoms. The maximum atomic E-state index is 15.0. The standard InChI is InChI=1S/C19H17Cl2FN4O3/c1-26-9-25-16(18(26)21)19(28)24-7-11-2-3-14(20)17(15(11)22)29-13-5-10(8-27)4-12(23)6-13/h2-6,9,27H,7-8,23H2,1H3,(H,24,28). The molecular formula is C19H17Cl2FN4O3. The molecule has 0 aliphatic rings. The summed E-state index contributed by atoms with van der Waals surface area (Å²) in [5.74, 6) is -1.28. The number of benzene rings is 2. The number of nitrogens with two attached hydrogens (primary N) is 1. The Bertz CT molecular complexity index is 1070. The number of rotatable bonds is 6. The molecular weight excluding hydrogens is 422 g/mol. The second-order valence-electron chi connectivity index (χ2n) is 6.20. The molecule has 0 atom stereocenters. The molecule has 2 aromatic carbocycles. The number of carbonyl (C=O) groups excluding carboxylic acids is 1. The SMILES string of the molecule is Cn1cnc(C(=O)NCc2ccc(Cl)c(Oc3cc(N)cc(CO)c3)c2F)c1Cl. The Hall–Kier alpha value is -2.81. The fraction of sp³-hybridized carbons (Fsp3) is 0.158. The molecule has 0 radical (unpaired) electrons. The van der Waals surface area contributed by atoms with Crippen molar-refractivity contribution in [2.75, 3.05) is 5.73 Å². The van der Waals surface area contributed by atoms with Crippen LogP contribution in [0.3, 0.4) is 0 Å². The maximum absolute atomic E-state index is 15.0. The number of halogens is 3. The lowest BCUT2D eigenvalue weighted by Crippen LogP contribution is -2.24. The number of aliphatic hydroxyl groups is 1. The number of aliphatic hydroxyl groups excluding tert-OH is 1. The Morgan fingerprint density at radius 2 is 2.10 bits per heavy atom. The molecule has 10 heteroatoms. The van der Waals surface area contributed by atoms with Gasteiger partial charge in [0.25, 0.3) is 5.91 Å². The zero-order valence-electron chi connectivity index (χ0n) is 15.2. The Kier molecular flexibility index (Phi) is 6.26. The van der Waals surface area contributed by atoms with Crippen LogP contribution in [0.5, 0.6) is 11.5 Å². The number of amides is 1. The molecule has 4 N–H and O–H groups in total. The third-order valence-corrected chi connectivity index (χ3v) is 4.78. The van der Waals surface area contributed by atoms with Gasteiger partial charge in [-0.25, -0.2) is 9.37 Å². The number of carbonyl (C=O) groups is 1. The van der Waals surface area contributed by atoms with Crippen molar-refractivity contribution in [3.05, 3.63) is 69.5 Å². The van der Waals surface area contributed by atoms with E-state index >= 15 is 0 Å². The summed E-state index contributed by atoms with van der Waals surface area (Å²) in [6.45, 7) is -0.385. The van der Waals surface area contributed by atoms with Crippen LogP contribution in [-0.2, 0) is 20.2 Å². The van der Waals surface area contributed by atoms with Crippen molar-refractivity contribution >= 4 is 34.8 Å². The van der Waals surface area contributed by atoms with Crippen LogP contribution in [0.15, 0.2) is 36.7 Å². The monoisotopic (exact) mass is 438 g/mol. The number of hydrogen-bond donors (Lipinski definition) is 3. The van der Waals surface area contributed by atoms with Crippen molar-refractivity contribution in [2.24, 2.45) is 7.05 Å². The van der Waals surface area contributed by atoms with Crippen molar-refractivity contribution in [2.45, 2.75) is 13.2 Å². The molecule has 1 amide bonds. The van der Waals surface area contributed by atoms with Crippen LogP contribution in [0, 0.1) is 5.82 Å². The summed E-state index contributed by atoms with van der Waals surface area (Å²) in [4.78, 5) is 16.1. The molecule has 29 heavy (non-hydrogen) atoms. The van der Waals surface area contributed by atoms with E-state index in [1.807, 2.05) is 0 Å². The van der Waals surface area contributed by atoms with Gasteiger partial charge in [-0.15, -0.1) is 0 Å². The van der Waals surface area contributed by atoms with E-state index in [0.717, 1.165) is 0 Å². The number of imidazole rings is 1. The molecule has 0 aliphatic heterocycles. The molecule has 0 saturated heterocycles. The molecule has 0 bridgehead atoms. The number of aryl methyl sites for hydroxylation is 1. The third-order valence-electron chi connectivity index (χ3n) is 4.04. The van der Waals surface area contributed by atoms with E-state index < -0.39 is 11.7 Å². The normalized spacial score (nSPS) is 10.8. The Labute approximate surface area is 175 Å². The minimum Gasteiger partial charge on any atom is -0.453 e. The molecule has 7 nitrogen and oxygen atoms in total. The molecule has 1 heterocycles. The fourth-order valence-electron chi connectivity index (χ4n) is 2.58. The lowest BCUT2D eigenvalue weighted by atomic mass is 10.1. The molecule has 0 saturated carbocycles. The molecule has 3 rings (SSSR count). The third kappa shape index (κ3) is 4.61. The first-order valence-electron chi connectivity index (χ1n) is 8.40.